The van der Waals surface area contributed by atoms with Gasteiger partial charge in [0.25, 0.3) is 5.91 Å². The van der Waals surface area contributed by atoms with E-state index in [1.807, 2.05) is 0 Å². The van der Waals surface area contributed by atoms with E-state index in [1.165, 1.54) is 11.8 Å². The summed E-state index contributed by atoms with van der Waals surface area (Å²) in [5, 5.41) is 2.56. The molecule has 27 heavy (non-hydrogen) atoms. The maximum atomic E-state index is 12.6. The predicted molar refractivity (Wildman–Crippen MR) is 96.6 cm³/mol. The van der Waals surface area contributed by atoms with Gasteiger partial charge in [0.1, 0.15) is 22.9 Å². The van der Waals surface area contributed by atoms with Crippen LogP contribution in [0.4, 0.5) is 4.79 Å². The average molecular weight is 380 g/mol. The van der Waals surface area contributed by atoms with Crippen molar-refractivity contribution in [2.45, 2.75) is 84.6 Å². The molecule has 0 aromatic heterocycles. The van der Waals surface area contributed by atoms with Crippen molar-refractivity contribution in [1.29, 1.82) is 0 Å². The fourth-order valence-corrected chi connectivity index (χ4v) is 3.16. The molecule has 2 amide bonds. The number of ketones is 1. The molecule has 1 saturated heterocycles. The summed E-state index contributed by atoms with van der Waals surface area (Å²) >= 11 is 0. The van der Waals surface area contributed by atoms with Crippen LogP contribution >= 0.6 is 0 Å². The van der Waals surface area contributed by atoms with E-state index in [0.717, 1.165) is 0 Å². The van der Waals surface area contributed by atoms with Crippen LogP contribution in [0.15, 0.2) is 11.3 Å². The first-order valence-corrected chi connectivity index (χ1v) is 9.01. The van der Waals surface area contributed by atoms with Crippen LogP contribution in [-0.4, -0.2) is 51.9 Å². The topological polar surface area (TPSA) is 102 Å². The maximum Gasteiger partial charge on any atom is 0.408 e. The second-order valence-electron chi connectivity index (χ2n) is 8.82. The zero-order valence-electron chi connectivity index (χ0n) is 17.0. The Morgan fingerprint density at radius 1 is 1.04 bits per heavy atom. The third-order valence-electron chi connectivity index (χ3n) is 4.13. The highest BCUT2D eigenvalue weighted by molar-refractivity contribution is 6.08. The van der Waals surface area contributed by atoms with Gasteiger partial charge in [0, 0.05) is 5.57 Å². The number of fused-ring (bicyclic) bond motifs is 1. The van der Waals surface area contributed by atoms with Gasteiger partial charge in [0.15, 0.2) is 5.78 Å². The van der Waals surface area contributed by atoms with Crippen LogP contribution in [0.5, 0.6) is 0 Å². The van der Waals surface area contributed by atoms with Crippen molar-refractivity contribution < 1.29 is 28.7 Å². The van der Waals surface area contributed by atoms with E-state index >= 15 is 0 Å². The highest BCUT2D eigenvalue weighted by atomic mass is 16.6. The van der Waals surface area contributed by atoms with Crippen molar-refractivity contribution in [3.05, 3.63) is 11.3 Å². The minimum Gasteiger partial charge on any atom is -0.455 e. The molecule has 0 radical (unpaired) electrons. The third kappa shape index (κ3) is 4.67. The van der Waals surface area contributed by atoms with Crippen LogP contribution in [0, 0.1) is 0 Å². The van der Waals surface area contributed by atoms with Gasteiger partial charge in [-0.25, -0.2) is 9.59 Å². The lowest BCUT2D eigenvalue weighted by atomic mass is 9.82. The van der Waals surface area contributed by atoms with Gasteiger partial charge in [-0.1, -0.05) is 0 Å². The standard InChI is InChI=1S/C19H28N2O6/c1-10(22)11-8-9-12-13(20-17(25)27-19(5,6)7)15(23)21(12)14(11)16(24)26-18(2,3)4/h12-13H,8-9H2,1-7H3,(H,20,25)/t12-,13-/m0/s1. The first kappa shape index (κ1) is 20.9. The zero-order chi connectivity index (χ0) is 20.7. The summed E-state index contributed by atoms with van der Waals surface area (Å²) in [5.41, 5.74) is -1.18. The van der Waals surface area contributed by atoms with E-state index in [4.69, 9.17) is 9.47 Å². The lowest BCUT2D eigenvalue weighted by Gasteiger charge is -2.50. The number of Topliss-reactive ketones (excluding diaryl/α,β-unsaturated/α-hetero) is 1. The van der Waals surface area contributed by atoms with Crippen molar-refractivity contribution in [2.24, 2.45) is 0 Å². The van der Waals surface area contributed by atoms with Crippen LogP contribution in [0.3, 0.4) is 0 Å². The summed E-state index contributed by atoms with van der Waals surface area (Å²) < 4.78 is 10.6. The zero-order valence-corrected chi connectivity index (χ0v) is 17.0. The maximum absolute atomic E-state index is 12.6. The second kappa shape index (κ2) is 6.98. The molecular weight excluding hydrogens is 352 g/mol. The van der Waals surface area contributed by atoms with Crippen LogP contribution in [0.25, 0.3) is 0 Å². The highest BCUT2D eigenvalue weighted by Crippen LogP contribution is 2.38. The molecule has 2 aliphatic heterocycles. The quantitative estimate of drug-likeness (QED) is 0.594. The molecule has 1 fully saturated rings. The number of β-lactam (4-membered cyclic amide) rings is 1. The van der Waals surface area contributed by atoms with Crippen LogP contribution < -0.4 is 5.32 Å². The molecule has 2 rings (SSSR count). The van der Waals surface area contributed by atoms with Crippen molar-refractivity contribution in [3.8, 4) is 0 Å². The Morgan fingerprint density at radius 2 is 1.59 bits per heavy atom. The Balaban J connectivity index is 2.23. The number of alkyl carbamates (subject to hydrolysis) is 1. The molecule has 8 nitrogen and oxygen atoms in total. The number of hydrogen-bond acceptors (Lipinski definition) is 6. The van der Waals surface area contributed by atoms with Crippen LogP contribution in [0.2, 0.25) is 0 Å². The summed E-state index contributed by atoms with van der Waals surface area (Å²) in [5.74, 6) is -1.43. The van der Waals surface area contributed by atoms with E-state index in [1.54, 1.807) is 41.5 Å². The summed E-state index contributed by atoms with van der Waals surface area (Å²) in [7, 11) is 0. The van der Waals surface area contributed by atoms with Crippen LogP contribution in [-0.2, 0) is 23.9 Å². The molecule has 0 aliphatic carbocycles. The van der Waals surface area contributed by atoms with E-state index < -0.39 is 41.3 Å². The average Bonchev–Trinajstić information content (AvgIpc) is 2.47. The lowest BCUT2D eigenvalue weighted by Crippen LogP contribution is -2.72. The van der Waals surface area contributed by atoms with E-state index in [9.17, 15) is 19.2 Å². The molecule has 0 saturated carbocycles. The van der Waals surface area contributed by atoms with Gasteiger partial charge >= 0.3 is 12.1 Å². The number of ether oxygens (including phenoxy) is 2. The highest BCUT2D eigenvalue weighted by Gasteiger charge is 2.54. The first-order chi connectivity index (χ1) is 12.2. The summed E-state index contributed by atoms with van der Waals surface area (Å²) in [6, 6.07) is -1.19. The number of carbonyl (C=O) groups excluding carboxylic acids is 4. The number of nitrogens with zero attached hydrogens (tertiary/aromatic N) is 1. The smallest absolute Gasteiger partial charge is 0.408 e. The first-order valence-electron chi connectivity index (χ1n) is 9.01. The number of hydrogen-bond donors (Lipinski definition) is 1. The number of nitrogens with one attached hydrogen (secondary N) is 1. The third-order valence-corrected chi connectivity index (χ3v) is 4.13. The fourth-order valence-electron chi connectivity index (χ4n) is 3.16. The minimum absolute atomic E-state index is 0.0130. The van der Waals surface area contributed by atoms with Crippen molar-refractivity contribution in [1.82, 2.24) is 10.2 Å². The summed E-state index contributed by atoms with van der Waals surface area (Å²) in [4.78, 5) is 50.5. The molecular formula is C19H28N2O6. The number of esters is 1. The van der Waals surface area contributed by atoms with Gasteiger partial charge < -0.3 is 14.8 Å². The van der Waals surface area contributed by atoms with E-state index in [-0.39, 0.29) is 17.1 Å². The molecule has 2 aliphatic rings. The minimum atomic E-state index is -0.786. The molecule has 150 valence electrons. The molecule has 0 aromatic rings. The molecule has 0 spiro atoms. The van der Waals surface area contributed by atoms with Gasteiger partial charge in [-0.3, -0.25) is 14.5 Å². The van der Waals surface area contributed by atoms with Crippen molar-refractivity contribution >= 4 is 23.8 Å². The van der Waals surface area contributed by atoms with Gasteiger partial charge in [-0.2, -0.15) is 0 Å². The molecule has 0 unspecified atom stereocenters. The number of allylic oxidation sites excluding steroid dienone is 1. The summed E-state index contributed by atoms with van der Waals surface area (Å²) in [6.45, 7) is 11.7. The molecule has 2 atom stereocenters. The van der Waals surface area contributed by atoms with Gasteiger partial charge in [-0.15, -0.1) is 0 Å². The number of carbonyl (C=O) groups is 4. The Bertz CT molecular complexity index is 711. The monoisotopic (exact) mass is 380 g/mol. The van der Waals surface area contributed by atoms with Gasteiger partial charge in [0.05, 0.1) is 6.04 Å². The van der Waals surface area contributed by atoms with E-state index in [0.29, 0.717) is 12.8 Å². The molecule has 0 bridgehead atoms. The SMILES string of the molecule is CC(=O)C1=C(C(=O)OC(C)(C)C)N2C(=O)[C@@H](NC(=O)OC(C)(C)C)[C@@H]2CC1. The van der Waals surface area contributed by atoms with Gasteiger partial charge in [-0.05, 0) is 61.3 Å². The Kier molecular flexibility index (Phi) is 5.41. The largest absolute Gasteiger partial charge is 0.455 e. The Hall–Kier alpha value is -2.38. The van der Waals surface area contributed by atoms with Crippen molar-refractivity contribution in [3.63, 3.8) is 0 Å². The van der Waals surface area contributed by atoms with Crippen LogP contribution in [0.1, 0.15) is 61.3 Å². The van der Waals surface area contributed by atoms with Gasteiger partial charge in [0.2, 0.25) is 0 Å². The number of rotatable bonds is 3. The fraction of sp³-hybridized carbons (Fsp3) is 0.684. The molecule has 0 aromatic carbocycles. The number of amides is 2. The Morgan fingerprint density at radius 3 is 2.07 bits per heavy atom. The molecule has 2 heterocycles. The lowest BCUT2D eigenvalue weighted by molar-refractivity contribution is -0.162. The summed E-state index contributed by atoms with van der Waals surface area (Å²) in [6.07, 6.45) is 0.110. The predicted octanol–water partition coefficient (Wildman–Crippen LogP) is 2.07. The molecule has 8 heteroatoms. The van der Waals surface area contributed by atoms with E-state index in [2.05, 4.69) is 5.32 Å². The van der Waals surface area contributed by atoms with Crippen molar-refractivity contribution in [2.75, 3.05) is 0 Å². The second-order valence-corrected chi connectivity index (χ2v) is 8.82. The molecule has 1 N–H and O–H groups in total. The Labute approximate surface area is 159 Å². The normalized spacial score (nSPS) is 22.6.